The van der Waals surface area contributed by atoms with Gasteiger partial charge in [-0.1, -0.05) is 36.4 Å². The average Bonchev–Trinajstić information content (AvgIpc) is 3.03. The molecule has 23 heavy (non-hydrogen) atoms. The molecule has 5 heteroatoms. The maximum absolute atomic E-state index is 13.5. The molecule has 120 valence electrons. The molecule has 1 saturated heterocycles. The minimum absolute atomic E-state index is 0.148. The van der Waals surface area contributed by atoms with Gasteiger partial charge >= 0.3 is 6.03 Å². The second kappa shape index (κ2) is 7.13. The quantitative estimate of drug-likeness (QED) is 0.910. The lowest BCUT2D eigenvalue weighted by Gasteiger charge is -2.18. The number of amides is 2. The van der Waals surface area contributed by atoms with E-state index < -0.39 is 0 Å². The second-order valence-electron chi connectivity index (χ2n) is 5.69. The summed E-state index contributed by atoms with van der Waals surface area (Å²) in [6.07, 6.45) is 0.905. The number of likely N-dealkylation sites (tertiary alicyclic amines) is 1. The van der Waals surface area contributed by atoms with Crippen LogP contribution in [0.15, 0.2) is 54.6 Å². The number of benzene rings is 2. The number of rotatable bonds is 4. The monoisotopic (exact) mass is 313 g/mol. The fraction of sp³-hybridized carbons (Fsp3) is 0.278. The van der Waals surface area contributed by atoms with Crippen molar-refractivity contribution in [2.45, 2.75) is 19.0 Å². The predicted molar refractivity (Wildman–Crippen MR) is 88.7 cm³/mol. The van der Waals surface area contributed by atoms with Crippen molar-refractivity contribution in [2.24, 2.45) is 0 Å². The number of nitrogens with zero attached hydrogens (tertiary/aromatic N) is 1. The van der Waals surface area contributed by atoms with Crippen LogP contribution < -0.4 is 10.6 Å². The fourth-order valence-corrected chi connectivity index (χ4v) is 2.76. The van der Waals surface area contributed by atoms with Crippen molar-refractivity contribution in [3.8, 4) is 0 Å². The number of carbonyl (C=O) groups is 1. The highest BCUT2D eigenvalue weighted by atomic mass is 19.1. The Hall–Kier alpha value is -2.56. The summed E-state index contributed by atoms with van der Waals surface area (Å²) in [5.74, 6) is -0.294. The summed E-state index contributed by atoms with van der Waals surface area (Å²) in [5, 5.41) is 6.21. The summed E-state index contributed by atoms with van der Waals surface area (Å²) in [7, 11) is 0. The molecule has 1 heterocycles. The Morgan fingerprint density at radius 3 is 2.65 bits per heavy atom. The van der Waals surface area contributed by atoms with E-state index in [4.69, 9.17) is 0 Å². The van der Waals surface area contributed by atoms with Gasteiger partial charge in [0.15, 0.2) is 0 Å². The molecular formula is C18H20FN3O. The van der Waals surface area contributed by atoms with Gasteiger partial charge in [0.05, 0.1) is 0 Å². The zero-order valence-electron chi connectivity index (χ0n) is 12.8. The molecule has 1 fully saturated rings. The van der Waals surface area contributed by atoms with Crippen molar-refractivity contribution in [1.29, 1.82) is 0 Å². The molecule has 0 radical (unpaired) electrons. The van der Waals surface area contributed by atoms with Crippen LogP contribution in [0.5, 0.6) is 0 Å². The van der Waals surface area contributed by atoms with Crippen LogP contribution >= 0.6 is 0 Å². The summed E-state index contributed by atoms with van der Waals surface area (Å²) >= 11 is 0. The Labute approximate surface area is 135 Å². The van der Waals surface area contributed by atoms with Gasteiger partial charge in [-0.05, 0) is 24.6 Å². The highest BCUT2D eigenvalue weighted by Crippen LogP contribution is 2.16. The van der Waals surface area contributed by atoms with Crippen LogP contribution in [0, 0.1) is 5.82 Å². The van der Waals surface area contributed by atoms with E-state index in [-0.39, 0.29) is 24.4 Å². The number of carbonyl (C=O) groups excluding carboxylic acids is 1. The SMILES string of the molecule is O=C(NCc1ccccc1F)N1CCC(Nc2ccccc2)C1. The van der Waals surface area contributed by atoms with E-state index in [1.54, 1.807) is 23.1 Å². The summed E-state index contributed by atoms with van der Waals surface area (Å²) < 4.78 is 13.5. The minimum Gasteiger partial charge on any atom is -0.380 e. The number of anilines is 1. The largest absolute Gasteiger partial charge is 0.380 e. The molecular weight excluding hydrogens is 293 g/mol. The van der Waals surface area contributed by atoms with Gasteiger partial charge in [-0.25, -0.2) is 9.18 Å². The Kier molecular flexibility index (Phi) is 4.76. The Morgan fingerprint density at radius 2 is 1.87 bits per heavy atom. The zero-order chi connectivity index (χ0) is 16.1. The lowest BCUT2D eigenvalue weighted by molar-refractivity contribution is 0.208. The molecule has 0 aromatic heterocycles. The molecule has 0 aliphatic carbocycles. The molecule has 1 atom stereocenters. The van der Waals surface area contributed by atoms with Gasteiger partial charge < -0.3 is 15.5 Å². The van der Waals surface area contributed by atoms with Crippen LogP contribution in [0.25, 0.3) is 0 Å². The Morgan fingerprint density at radius 1 is 1.13 bits per heavy atom. The van der Waals surface area contributed by atoms with Gasteiger partial charge in [0, 0.05) is 36.9 Å². The van der Waals surface area contributed by atoms with E-state index in [0.29, 0.717) is 18.7 Å². The molecule has 0 saturated carbocycles. The molecule has 2 aromatic rings. The van der Waals surface area contributed by atoms with Crippen molar-refractivity contribution in [3.63, 3.8) is 0 Å². The maximum Gasteiger partial charge on any atom is 0.317 e. The van der Waals surface area contributed by atoms with Crippen LogP contribution in [-0.2, 0) is 6.54 Å². The van der Waals surface area contributed by atoms with Crippen molar-refractivity contribution in [1.82, 2.24) is 10.2 Å². The van der Waals surface area contributed by atoms with Crippen LogP contribution in [0.1, 0.15) is 12.0 Å². The normalized spacial score (nSPS) is 17.1. The molecule has 4 nitrogen and oxygen atoms in total. The average molecular weight is 313 g/mol. The molecule has 0 spiro atoms. The minimum atomic E-state index is -0.294. The first kappa shape index (κ1) is 15.3. The Balaban J connectivity index is 1.49. The number of halogens is 1. The van der Waals surface area contributed by atoms with Crippen LogP contribution in [0.3, 0.4) is 0 Å². The van der Waals surface area contributed by atoms with E-state index in [2.05, 4.69) is 10.6 Å². The van der Waals surface area contributed by atoms with E-state index in [9.17, 15) is 9.18 Å². The van der Waals surface area contributed by atoms with E-state index in [0.717, 1.165) is 12.1 Å². The topological polar surface area (TPSA) is 44.4 Å². The smallest absolute Gasteiger partial charge is 0.317 e. The molecule has 2 aromatic carbocycles. The molecule has 1 aliphatic rings. The highest BCUT2D eigenvalue weighted by molar-refractivity contribution is 5.74. The first-order valence-electron chi connectivity index (χ1n) is 7.80. The molecule has 3 rings (SSSR count). The highest BCUT2D eigenvalue weighted by Gasteiger charge is 2.25. The molecule has 2 N–H and O–H groups in total. The first-order chi connectivity index (χ1) is 11.2. The van der Waals surface area contributed by atoms with Gasteiger partial charge in [-0.2, -0.15) is 0 Å². The number of para-hydroxylation sites is 1. The van der Waals surface area contributed by atoms with Crippen molar-refractivity contribution in [3.05, 3.63) is 66.0 Å². The van der Waals surface area contributed by atoms with Crippen molar-refractivity contribution >= 4 is 11.7 Å². The van der Waals surface area contributed by atoms with E-state index >= 15 is 0 Å². The second-order valence-corrected chi connectivity index (χ2v) is 5.69. The molecule has 1 unspecified atom stereocenters. The van der Waals surface area contributed by atoms with Crippen LogP contribution in [0.2, 0.25) is 0 Å². The lowest BCUT2D eigenvalue weighted by Crippen LogP contribution is -2.39. The molecule has 2 amide bonds. The Bertz CT molecular complexity index is 662. The van der Waals surface area contributed by atoms with E-state index in [1.807, 2.05) is 30.3 Å². The molecule has 0 bridgehead atoms. The van der Waals surface area contributed by atoms with Crippen LogP contribution in [-0.4, -0.2) is 30.1 Å². The standard InChI is InChI=1S/C18H20FN3O/c19-17-9-5-4-6-14(17)12-20-18(23)22-11-10-16(13-22)21-15-7-2-1-3-8-15/h1-9,16,21H,10-13H2,(H,20,23). The summed E-state index contributed by atoms with van der Waals surface area (Å²) in [6, 6.07) is 16.6. The van der Waals surface area contributed by atoms with Gasteiger partial charge in [-0.3, -0.25) is 0 Å². The third-order valence-electron chi connectivity index (χ3n) is 4.01. The van der Waals surface area contributed by atoms with Gasteiger partial charge in [-0.15, -0.1) is 0 Å². The summed E-state index contributed by atoms with van der Waals surface area (Å²) in [6.45, 7) is 1.56. The molecule has 1 aliphatic heterocycles. The number of urea groups is 1. The van der Waals surface area contributed by atoms with Crippen LogP contribution in [0.4, 0.5) is 14.9 Å². The fourth-order valence-electron chi connectivity index (χ4n) is 2.76. The third-order valence-corrected chi connectivity index (χ3v) is 4.01. The van der Waals surface area contributed by atoms with E-state index in [1.165, 1.54) is 6.07 Å². The van der Waals surface area contributed by atoms with Gasteiger partial charge in [0.2, 0.25) is 0 Å². The number of hydrogen-bond donors (Lipinski definition) is 2. The predicted octanol–water partition coefficient (Wildman–Crippen LogP) is 3.22. The van der Waals surface area contributed by atoms with Gasteiger partial charge in [0.1, 0.15) is 5.82 Å². The zero-order valence-corrected chi connectivity index (χ0v) is 12.8. The van der Waals surface area contributed by atoms with Gasteiger partial charge in [0.25, 0.3) is 0 Å². The van der Waals surface area contributed by atoms with Crippen molar-refractivity contribution in [2.75, 3.05) is 18.4 Å². The summed E-state index contributed by atoms with van der Waals surface area (Å²) in [5.41, 5.74) is 1.56. The number of hydrogen-bond acceptors (Lipinski definition) is 2. The first-order valence-corrected chi connectivity index (χ1v) is 7.80. The third kappa shape index (κ3) is 4.00. The maximum atomic E-state index is 13.5. The van der Waals surface area contributed by atoms with Crippen molar-refractivity contribution < 1.29 is 9.18 Å². The lowest BCUT2D eigenvalue weighted by atomic mass is 10.2. The summed E-state index contributed by atoms with van der Waals surface area (Å²) in [4.78, 5) is 14.0. The number of nitrogens with one attached hydrogen (secondary N) is 2.